The first-order chi connectivity index (χ1) is 6.13. The highest BCUT2D eigenvalue weighted by molar-refractivity contribution is 5.81. The lowest BCUT2D eigenvalue weighted by atomic mass is 10.1. The van der Waals surface area contributed by atoms with Crippen molar-refractivity contribution in [3.63, 3.8) is 0 Å². The van der Waals surface area contributed by atoms with Gasteiger partial charge in [-0.05, 0) is 13.8 Å². The summed E-state index contributed by atoms with van der Waals surface area (Å²) >= 11 is 0. The fourth-order valence-corrected chi connectivity index (χ4v) is 1.05. The molecule has 1 rings (SSSR count). The lowest BCUT2D eigenvalue weighted by Gasteiger charge is -2.03. The van der Waals surface area contributed by atoms with Gasteiger partial charge in [0.1, 0.15) is 5.78 Å². The molecule has 0 aliphatic carbocycles. The first kappa shape index (κ1) is 9.92. The third-order valence-corrected chi connectivity index (χ3v) is 2.00. The Morgan fingerprint density at radius 2 is 2.46 bits per heavy atom. The van der Waals surface area contributed by atoms with E-state index < -0.39 is 6.04 Å². The third-order valence-electron chi connectivity index (χ3n) is 2.00. The van der Waals surface area contributed by atoms with E-state index in [0.29, 0.717) is 6.42 Å². The van der Waals surface area contributed by atoms with Gasteiger partial charge in [0.15, 0.2) is 0 Å². The monoisotopic (exact) mass is 181 g/mol. The number of aryl methyl sites for hydroxylation is 1. The predicted octanol–water partition coefficient (Wildman–Crippen LogP) is 0.362. The van der Waals surface area contributed by atoms with Crippen molar-refractivity contribution in [3.05, 3.63) is 18.2 Å². The van der Waals surface area contributed by atoms with E-state index in [1.165, 1.54) is 6.92 Å². The maximum absolute atomic E-state index is 10.9. The molecule has 0 aromatic carbocycles. The fourth-order valence-electron chi connectivity index (χ4n) is 1.05. The highest BCUT2D eigenvalue weighted by Crippen LogP contribution is 2.00. The Morgan fingerprint density at radius 1 is 1.77 bits per heavy atom. The lowest BCUT2D eigenvalue weighted by molar-refractivity contribution is -0.118. The maximum Gasteiger partial charge on any atom is 0.146 e. The van der Waals surface area contributed by atoms with Crippen LogP contribution in [0.2, 0.25) is 0 Å². The molecule has 4 heteroatoms. The SMILES string of the molecule is CCn1cnc(CC(N)C(C)=O)c1. The van der Waals surface area contributed by atoms with E-state index in [0.717, 1.165) is 12.2 Å². The molecule has 4 nitrogen and oxygen atoms in total. The van der Waals surface area contributed by atoms with Gasteiger partial charge in [-0.1, -0.05) is 0 Å². The number of ketones is 1. The maximum atomic E-state index is 10.9. The van der Waals surface area contributed by atoms with E-state index in [1.807, 2.05) is 17.7 Å². The van der Waals surface area contributed by atoms with Gasteiger partial charge in [-0.15, -0.1) is 0 Å². The number of hydrogen-bond acceptors (Lipinski definition) is 3. The molecule has 0 amide bonds. The number of nitrogens with zero attached hydrogens (tertiary/aromatic N) is 2. The van der Waals surface area contributed by atoms with Crippen molar-refractivity contribution in [2.24, 2.45) is 5.73 Å². The average Bonchev–Trinajstić information content (AvgIpc) is 2.52. The molecule has 0 saturated carbocycles. The first-order valence-corrected chi connectivity index (χ1v) is 4.40. The zero-order valence-electron chi connectivity index (χ0n) is 8.03. The van der Waals surface area contributed by atoms with Crippen molar-refractivity contribution in [1.29, 1.82) is 0 Å². The number of hydrogen-bond donors (Lipinski definition) is 1. The molecule has 1 atom stereocenters. The van der Waals surface area contributed by atoms with Crippen LogP contribution in [0.5, 0.6) is 0 Å². The quantitative estimate of drug-likeness (QED) is 0.729. The van der Waals surface area contributed by atoms with Crippen LogP contribution in [0.3, 0.4) is 0 Å². The number of aromatic nitrogens is 2. The van der Waals surface area contributed by atoms with Gasteiger partial charge < -0.3 is 10.3 Å². The molecular weight excluding hydrogens is 166 g/mol. The number of nitrogens with two attached hydrogens (primary N) is 1. The Labute approximate surface area is 77.8 Å². The molecule has 1 aromatic rings. The number of carbonyl (C=O) groups excluding carboxylic acids is 1. The van der Waals surface area contributed by atoms with Gasteiger partial charge in [-0.2, -0.15) is 0 Å². The zero-order valence-corrected chi connectivity index (χ0v) is 8.03. The number of carbonyl (C=O) groups is 1. The molecule has 1 unspecified atom stereocenters. The molecule has 2 N–H and O–H groups in total. The van der Waals surface area contributed by atoms with Crippen molar-refractivity contribution in [3.8, 4) is 0 Å². The van der Waals surface area contributed by atoms with Crippen molar-refractivity contribution < 1.29 is 4.79 Å². The molecular formula is C9H15N3O. The normalized spacial score (nSPS) is 12.8. The molecule has 0 spiro atoms. The van der Waals surface area contributed by atoms with E-state index in [-0.39, 0.29) is 5.78 Å². The molecule has 13 heavy (non-hydrogen) atoms. The molecule has 0 saturated heterocycles. The van der Waals surface area contributed by atoms with E-state index in [9.17, 15) is 4.79 Å². The minimum atomic E-state index is -0.416. The van der Waals surface area contributed by atoms with Gasteiger partial charge >= 0.3 is 0 Å². The summed E-state index contributed by atoms with van der Waals surface area (Å²) in [7, 11) is 0. The highest BCUT2D eigenvalue weighted by Gasteiger charge is 2.10. The lowest BCUT2D eigenvalue weighted by Crippen LogP contribution is -2.30. The zero-order chi connectivity index (χ0) is 9.84. The average molecular weight is 181 g/mol. The smallest absolute Gasteiger partial charge is 0.146 e. The van der Waals surface area contributed by atoms with Crippen LogP contribution in [0.1, 0.15) is 19.5 Å². The standard InChI is InChI=1S/C9H15N3O/c1-3-12-5-8(11-6-12)4-9(10)7(2)13/h5-6,9H,3-4,10H2,1-2H3. The van der Waals surface area contributed by atoms with Crippen LogP contribution >= 0.6 is 0 Å². The predicted molar refractivity (Wildman–Crippen MR) is 50.3 cm³/mol. The topological polar surface area (TPSA) is 60.9 Å². The van der Waals surface area contributed by atoms with Crippen molar-refractivity contribution in [1.82, 2.24) is 9.55 Å². The van der Waals surface area contributed by atoms with Crippen LogP contribution in [-0.2, 0) is 17.8 Å². The van der Waals surface area contributed by atoms with E-state index in [2.05, 4.69) is 4.98 Å². The summed E-state index contributed by atoms with van der Waals surface area (Å²) in [5.41, 5.74) is 6.48. The molecule has 0 bridgehead atoms. The Bertz CT molecular complexity index is 293. The summed E-state index contributed by atoms with van der Waals surface area (Å²) in [6.07, 6.45) is 4.20. The number of imidazole rings is 1. The summed E-state index contributed by atoms with van der Waals surface area (Å²) in [6, 6.07) is -0.416. The summed E-state index contributed by atoms with van der Waals surface area (Å²) < 4.78 is 1.96. The van der Waals surface area contributed by atoms with Crippen LogP contribution in [0, 0.1) is 0 Å². The van der Waals surface area contributed by atoms with Crippen LogP contribution in [0.15, 0.2) is 12.5 Å². The first-order valence-electron chi connectivity index (χ1n) is 4.40. The minimum absolute atomic E-state index is 0.00560. The van der Waals surface area contributed by atoms with Gasteiger partial charge in [0, 0.05) is 19.2 Å². The van der Waals surface area contributed by atoms with Crippen molar-refractivity contribution in [2.75, 3.05) is 0 Å². The van der Waals surface area contributed by atoms with Gasteiger partial charge in [0.25, 0.3) is 0 Å². The second-order valence-electron chi connectivity index (χ2n) is 3.12. The fraction of sp³-hybridized carbons (Fsp3) is 0.556. The highest BCUT2D eigenvalue weighted by atomic mass is 16.1. The Kier molecular flexibility index (Phi) is 3.19. The summed E-state index contributed by atoms with van der Waals surface area (Å²) in [6.45, 7) is 4.43. The molecule has 0 radical (unpaired) electrons. The Balaban J connectivity index is 2.58. The van der Waals surface area contributed by atoms with Crippen molar-refractivity contribution in [2.45, 2.75) is 32.9 Å². The summed E-state index contributed by atoms with van der Waals surface area (Å²) in [4.78, 5) is 15.0. The number of Topliss-reactive ketones (excluding diaryl/α,β-unsaturated/α-hetero) is 1. The van der Waals surface area contributed by atoms with Gasteiger partial charge in [0.05, 0.1) is 18.1 Å². The van der Waals surface area contributed by atoms with E-state index in [4.69, 9.17) is 5.73 Å². The molecule has 72 valence electrons. The minimum Gasteiger partial charge on any atom is -0.337 e. The second-order valence-corrected chi connectivity index (χ2v) is 3.12. The van der Waals surface area contributed by atoms with E-state index >= 15 is 0 Å². The van der Waals surface area contributed by atoms with Crippen LogP contribution in [-0.4, -0.2) is 21.4 Å². The van der Waals surface area contributed by atoms with Crippen molar-refractivity contribution >= 4 is 5.78 Å². The molecule has 1 heterocycles. The van der Waals surface area contributed by atoms with Crippen LogP contribution < -0.4 is 5.73 Å². The van der Waals surface area contributed by atoms with Crippen LogP contribution in [0.4, 0.5) is 0 Å². The van der Waals surface area contributed by atoms with Gasteiger partial charge in [-0.25, -0.2) is 4.98 Å². The van der Waals surface area contributed by atoms with Gasteiger partial charge in [-0.3, -0.25) is 4.79 Å². The molecule has 0 aliphatic rings. The van der Waals surface area contributed by atoms with Crippen LogP contribution in [0.25, 0.3) is 0 Å². The summed E-state index contributed by atoms with van der Waals surface area (Å²) in [5, 5.41) is 0. The van der Waals surface area contributed by atoms with Gasteiger partial charge in [0.2, 0.25) is 0 Å². The summed E-state index contributed by atoms with van der Waals surface area (Å²) in [5.74, 6) is 0.00560. The largest absolute Gasteiger partial charge is 0.337 e. The Morgan fingerprint density at radius 3 is 2.92 bits per heavy atom. The molecule has 1 aromatic heterocycles. The van der Waals surface area contributed by atoms with E-state index in [1.54, 1.807) is 6.33 Å². The second kappa shape index (κ2) is 4.18. The Hall–Kier alpha value is -1.16. The molecule has 0 fully saturated rings. The molecule has 0 aliphatic heterocycles. The number of rotatable bonds is 4. The third kappa shape index (κ3) is 2.66.